The van der Waals surface area contributed by atoms with E-state index in [1.54, 1.807) is 18.4 Å². The fourth-order valence-electron chi connectivity index (χ4n) is 1.92. The molecule has 0 spiro atoms. The molecule has 102 valence electrons. The zero-order valence-corrected chi connectivity index (χ0v) is 12.1. The van der Waals surface area contributed by atoms with Crippen LogP contribution in [0.2, 0.25) is 0 Å². The van der Waals surface area contributed by atoms with Crippen LogP contribution in [0.25, 0.3) is 0 Å². The lowest BCUT2D eigenvalue weighted by atomic mass is 10.2. The second kappa shape index (κ2) is 6.70. The number of rotatable bonds is 6. The second-order valence-corrected chi connectivity index (χ2v) is 5.30. The van der Waals surface area contributed by atoms with Gasteiger partial charge >= 0.3 is 0 Å². The van der Waals surface area contributed by atoms with Crippen molar-refractivity contribution >= 4 is 11.3 Å². The van der Waals surface area contributed by atoms with E-state index in [0.29, 0.717) is 13.2 Å². The average Bonchev–Trinajstić information content (AvgIpc) is 2.86. The van der Waals surface area contributed by atoms with E-state index in [-0.39, 0.29) is 6.10 Å². The van der Waals surface area contributed by atoms with Gasteiger partial charge in [0.1, 0.15) is 11.9 Å². The molecule has 19 heavy (non-hydrogen) atoms. The molecule has 1 atom stereocenters. The average molecular weight is 277 g/mol. The third-order valence-electron chi connectivity index (χ3n) is 2.99. The van der Waals surface area contributed by atoms with Gasteiger partial charge in [0.25, 0.3) is 0 Å². The molecule has 0 bridgehead atoms. The van der Waals surface area contributed by atoms with Crippen LogP contribution in [-0.4, -0.2) is 13.7 Å². The molecule has 0 aliphatic heterocycles. The summed E-state index contributed by atoms with van der Waals surface area (Å²) in [6, 6.07) is 9.99. The Kier molecular flexibility index (Phi) is 4.96. The van der Waals surface area contributed by atoms with Crippen LogP contribution in [0.3, 0.4) is 0 Å². The highest BCUT2D eigenvalue weighted by Gasteiger charge is 2.14. The molecule has 4 heteroatoms. The molecule has 2 rings (SSSR count). The van der Waals surface area contributed by atoms with Crippen molar-refractivity contribution in [1.82, 2.24) is 0 Å². The summed E-state index contributed by atoms with van der Waals surface area (Å²) in [7, 11) is 1.66. The molecule has 3 nitrogen and oxygen atoms in total. The van der Waals surface area contributed by atoms with Crippen LogP contribution in [0.1, 0.15) is 22.1 Å². The predicted octanol–water partition coefficient (Wildman–Crippen LogP) is 3.28. The van der Waals surface area contributed by atoms with Gasteiger partial charge in [-0.15, -0.1) is 11.3 Å². The van der Waals surface area contributed by atoms with Gasteiger partial charge in [0.2, 0.25) is 0 Å². The Labute approximate surface area is 118 Å². The lowest BCUT2D eigenvalue weighted by molar-refractivity contribution is 0.0475. The van der Waals surface area contributed by atoms with Crippen molar-refractivity contribution in [3.63, 3.8) is 0 Å². The number of hydrogen-bond acceptors (Lipinski definition) is 4. The molecule has 1 heterocycles. The zero-order valence-electron chi connectivity index (χ0n) is 11.3. The number of thiophene rings is 1. The standard InChI is InChI=1S/C15H19NO2S/c1-11-6-7-19-15(11)14(9-16)18-10-12-4-3-5-13(8-12)17-2/h3-8,14H,9-10,16H2,1-2H3. The van der Waals surface area contributed by atoms with Crippen molar-refractivity contribution in [3.8, 4) is 5.75 Å². The summed E-state index contributed by atoms with van der Waals surface area (Å²) in [5, 5.41) is 2.07. The van der Waals surface area contributed by atoms with E-state index in [4.69, 9.17) is 15.2 Å². The van der Waals surface area contributed by atoms with Gasteiger partial charge < -0.3 is 15.2 Å². The molecular formula is C15H19NO2S. The van der Waals surface area contributed by atoms with Gasteiger partial charge in [-0.05, 0) is 41.6 Å². The van der Waals surface area contributed by atoms with Gasteiger partial charge in [-0.3, -0.25) is 0 Å². The van der Waals surface area contributed by atoms with Crippen molar-refractivity contribution in [2.75, 3.05) is 13.7 Å². The topological polar surface area (TPSA) is 44.5 Å². The maximum atomic E-state index is 5.93. The van der Waals surface area contributed by atoms with Crippen LogP contribution in [-0.2, 0) is 11.3 Å². The maximum Gasteiger partial charge on any atom is 0.119 e. The Bertz CT molecular complexity index is 524. The highest BCUT2D eigenvalue weighted by atomic mass is 32.1. The first-order chi connectivity index (χ1) is 9.24. The highest BCUT2D eigenvalue weighted by Crippen LogP contribution is 2.27. The van der Waals surface area contributed by atoms with Gasteiger partial charge in [0.05, 0.1) is 13.7 Å². The smallest absolute Gasteiger partial charge is 0.119 e. The third kappa shape index (κ3) is 3.56. The number of aryl methyl sites for hydroxylation is 1. The summed E-state index contributed by atoms with van der Waals surface area (Å²) in [4.78, 5) is 1.21. The molecule has 1 aromatic heterocycles. The predicted molar refractivity (Wildman–Crippen MR) is 78.6 cm³/mol. The Balaban J connectivity index is 2.02. The molecule has 0 radical (unpaired) electrons. The number of ether oxygens (including phenoxy) is 2. The van der Waals surface area contributed by atoms with E-state index in [0.717, 1.165) is 11.3 Å². The van der Waals surface area contributed by atoms with Crippen molar-refractivity contribution in [2.24, 2.45) is 5.73 Å². The first-order valence-electron chi connectivity index (χ1n) is 6.23. The summed E-state index contributed by atoms with van der Waals surface area (Å²) in [5.74, 6) is 0.845. The summed E-state index contributed by atoms with van der Waals surface area (Å²) in [6.07, 6.45) is -0.0359. The minimum absolute atomic E-state index is 0.0359. The van der Waals surface area contributed by atoms with Crippen LogP contribution in [0.5, 0.6) is 5.75 Å². The molecule has 0 saturated carbocycles. The van der Waals surface area contributed by atoms with Crippen LogP contribution >= 0.6 is 11.3 Å². The summed E-state index contributed by atoms with van der Waals surface area (Å²) in [6.45, 7) is 3.12. The largest absolute Gasteiger partial charge is 0.497 e. The summed E-state index contributed by atoms with van der Waals surface area (Å²) >= 11 is 1.70. The van der Waals surface area contributed by atoms with Gasteiger partial charge in [0.15, 0.2) is 0 Å². The first kappa shape index (κ1) is 14.1. The monoisotopic (exact) mass is 277 g/mol. The lowest BCUT2D eigenvalue weighted by Gasteiger charge is -2.16. The van der Waals surface area contributed by atoms with Crippen molar-refractivity contribution in [3.05, 3.63) is 51.7 Å². The lowest BCUT2D eigenvalue weighted by Crippen LogP contribution is -2.15. The quantitative estimate of drug-likeness (QED) is 0.881. The fraction of sp³-hybridized carbons (Fsp3) is 0.333. The Hall–Kier alpha value is -1.36. The van der Waals surface area contributed by atoms with Crippen molar-refractivity contribution < 1.29 is 9.47 Å². The molecule has 0 fully saturated rings. The van der Waals surface area contributed by atoms with Gasteiger partial charge in [-0.2, -0.15) is 0 Å². The number of methoxy groups -OCH3 is 1. The molecule has 0 saturated heterocycles. The Morgan fingerprint density at radius 3 is 2.79 bits per heavy atom. The minimum Gasteiger partial charge on any atom is -0.497 e. The van der Waals surface area contributed by atoms with Gasteiger partial charge in [-0.1, -0.05) is 12.1 Å². The first-order valence-corrected chi connectivity index (χ1v) is 7.11. The van der Waals surface area contributed by atoms with Gasteiger partial charge in [-0.25, -0.2) is 0 Å². The molecule has 0 aliphatic carbocycles. The van der Waals surface area contributed by atoms with E-state index < -0.39 is 0 Å². The van der Waals surface area contributed by atoms with Crippen molar-refractivity contribution in [1.29, 1.82) is 0 Å². The van der Waals surface area contributed by atoms with E-state index in [1.807, 2.05) is 24.3 Å². The Morgan fingerprint density at radius 1 is 1.32 bits per heavy atom. The van der Waals surface area contributed by atoms with Gasteiger partial charge in [0, 0.05) is 11.4 Å². The summed E-state index contributed by atoms with van der Waals surface area (Å²) in [5.41, 5.74) is 8.14. The van der Waals surface area contributed by atoms with Crippen LogP contribution in [0.4, 0.5) is 0 Å². The normalized spacial score (nSPS) is 12.4. The minimum atomic E-state index is -0.0359. The van der Waals surface area contributed by atoms with Crippen molar-refractivity contribution in [2.45, 2.75) is 19.6 Å². The second-order valence-electron chi connectivity index (χ2n) is 4.35. The van der Waals surface area contributed by atoms with E-state index >= 15 is 0 Å². The van der Waals surface area contributed by atoms with Crippen LogP contribution in [0, 0.1) is 6.92 Å². The molecule has 0 amide bonds. The Morgan fingerprint density at radius 2 is 2.16 bits per heavy atom. The third-order valence-corrected chi connectivity index (χ3v) is 4.10. The molecule has 1 unspecified atom stereocenters. The zero-order chi connectivity index (χ0) is 13.7. The van der Waals surface area contributed by atoms with Crippen LogP contribution in [0.15, 0.2) is 35.7 Å². The van der Waals surface area contributed by atoms with E-state index in [9.17, 15) is 0 Å². The molecular weight excluding hydrogens is 258 g/mol. The fourth-order valence-corrected chi connectivity index (χ4v) is 2.91. The number of hydrogen-bond donors (Lipinski definition) is 1. The van der Waals surface area contributed by atoms with E-state index in [1.165, 1.54) is 10.4 Å². The summed E-state index contributed by atoms with van der Waals surface area (Å²) < 4.78 is 11.1. The highest BCUT2D eigenvalue weighted by molar-refractivity contribution is 7.10. The number of benzene rings is 1. The SMILES string of the molecule is COc1cccc(COC(CN)c2sccc2C)c1. The maximum absolute atomic E-state index is 5.93. The molecule has 0 aliphatic rings. The van der Waals surface area contributed by atoms with Crippen LogP contribution < -0.4 is 10.5 Å². The molecule has 1 aromatic carbocycles. The molecule has 2 N–H and O–H groups in total. The molecule has 2 aromatic rings. The number of nitrogens with two attached hydrogens (primary N) is 1. The van der Waals surface area contributed by atoms with E-state index in [2.05, 4.69) is 18.4 Å².